The van der Waals surface area contributed by atoms with E-state index in [1.807, 2.05) is 48.5 Å². The van der Waals surface area contributed by atoms with Gasteiger partial charge in [-0.1, -0.05) is 42.5 Å². The zero-order valence-electron chi connectivity index (χ0n) is 13.1. The predicted octanol–water partition coefficient (Wildman–Crippen LogP) is 4.27. The summed E-state index contributed by atoms with van der Waals surface area (Å²) in [7, 11) is 5.06. The van der Waals surface area contributed by atoms with E-state index in [0.717, 1.165) is 4.90 Å². The van der Waals surface area contributed by atoms with E-state index >= 15 is 0 Å². The van der Waals surface area contributed by atoms with Crippen molar-refractivity contribution in [2.24, 2.45) is 0 Å². The molecule has 0 aliphatic carbocycles. The molecule has 0 aliphatic rings. The van der Waals surface area contributed by atoms with E-state index in [2.05, 4.69) is 30.3 Å². The van der Waals surface area contributed by atoms with Gasteiger partial charge in [0.25, 0.3) is 0 Å². The number of benzene rings is 3. The van der Waals surface area contributed by atoms with Crippen molar-refractivity contribution in [1.29, 1.82) is 0 Å². The second-order valence-corrected chi connectivity index (χ2v) is 7.11. The van der Waals surface area contributed by atoms with Crippen molar-refractivity contribution < 1.29 is 9.53 Å². The minimum absolute atomic E-state index is 0.132. The third-order valence-corrected chi connectivity index (χ3v) is 5.61. The molecule has 0 aromatic heterocycles. The number of hydrogen-bond acceptors (Lipinski definition) is 2. The third kappa shape index (κ3) is 3.89. The van der Waals surface area contributed by atoms with Crippen LogP contribution >= 0.6 is 0 Å². The first-order valence-corrected chi connectivity index (χ1v) is 8.85. The van der Waals surface area contributed by atoms with Crippen LogP contribution in [0.25, 0.3) is 0 Å². The summed E-state index contributed by atoms with van der Waals surface area (Å²) in [5.41, 5.74) is 0. The van der Waals surface area contributed by atoms with E-state index in [4.69, 9.17) is 12.6 Å². The fraction of sp³-hybridized carbons (Fsp3) is 0.0500. The summed E-state index contributed by atoms with van der Waals surface area (Å²) >= 11 is 0. The molecule has 116 valence electrons. The Kier molecular flexibility index (Phi) is 5.39. The summed E-state index contributed by atoms with van der Waals surface area (Å²) in [6, 6.07) is 28.3. The first-order chi connectivity index (χ1) is 11.8. The lowest BCUT2D eigenvalue weighted by atomic mass is 10.1. The number of carbonyl (C=O) groups excluding carboxylic acids is 1. The molecule has 4 heteroatoms. The Hall–Kier alpha value is -2.46. The molecule has 0 amide bonds. The molecule has 0 saturated heterocycles. The predicted molar refractivity (Wildman–Crippen MR) is 97.7 cm³/mol. The Morgan fingerprint density at radius 2 is 1.33 bits per heavy atom. The molecule has 3 aromatic carbocycles. The van der Waals surface area contributed by atoms with Gasteiger partial charge in [0.1, 0.15) is 5.75 Å². The highest BCUT2D eigenvalue weighted by Crippen LogP contribution is 2.32. The molecule has 2 nitrogen and oxygen atoms in total. The molecular weight excluding hydrogens is 315 g/mol. The average molecular weight is 331 g/mol. The molecule has 3 rings (SSSR count). The molecule has 0 aliphatic heterocycles. The monoisotopic (exact) mass is 331 g/mol. The van der Waals surface area contributed by atoms with Gasteiger partial charge in [0, 0.05) is 12.4 Å². The first kappa shape index (κ1) is 16.4. The Morgan fingerprint density at radius 3 is 1.88 bits per heavy atom. The fourth-order valence-corrected chi connectivity index (χ4v) is 4.48. The first-order valence-electron chi connectivity index (χ1n) is 7.63. The highest BCUT2D eigenvalue weighted by Gasteiger charge is 2.28. The number of esters is 1. The molecule has 0 N–H and O–H groups in total. The van der Waals surface area contributed by atoms with Crippen molar-refractivity contribution >= 4 is 24.7 Å². The van der Waals surface area contributed by atoms with Gasteiger partial charge in [0.15, 0.2) is 14.7 Å². The molecular formula is C20H16BO2S+. The third-order valence-electron chi connectivity index (χ3n) is 3.40. The summed E-state index contributed by atoms with van der Waals surface area (Å²) in [6.07, 6.45) is -0.132. The van der Waals surface area contributed by atoms with Crippen LogP contribution in [0, 0.1) is 0 Å². The minimum Gasteiger partial charge on any atom is -0.427 e. The van der Waals surface area contributed by atoms with Gasteiger partial charge in [-0.15, -0.1) is 0 Å². The van der Waals surface area contributed by atoms with Crippen molar-refractivity contribution in [1.82, 2.24) is 0 Å². The van der Waals surface area contributed by atoms with Gasteiger partial charge >= 0.3 is 5.97 Å². The van der Waals surface area contributed by atoms with Crippen molar-refractivity contribution in [3.05, 3.63) is 84.9 Å². The van der Waals surface area contributed by atoms with Crippen LogP contribution in [-0.4, -0.2) is 13.8 Å². The van der Waals surface area contributed by atoms with Crippen molar-refractivity contribution in [3.63, 3.8) is 0 Å². The molecule has 0 heterocycles. The molecule has 2 radical (unpaired) electrons. The van der Waals surface area contributed by atoms with Crippen LogP contribution in [0.15, 0.2) is 99.6 Å². The van der Waals surface area contributed by atoms with Crippen LogP contribution in [0.5, 0.6) is 5.75 Å². The fourth-order valence-electron chi connectivity index (χ4n) is 2.36. The van der Waals surface area contributed by atoms with E-state index in [1.54, 1.807) is 6.07 Å². The number of ether oxygens (including phenoxy) is 1. The van der Waals surface area contributed by atoms with Gasteiger partial charge in [-0.05, 0) is 36.4 Å². The Bertz CT molecular complexity index is 767. The summed E-state index contributed by atoms with van der Waals surface area (Å²) in [6.45, 7) is 0. The van der Waals surface area contributed by atoms with E-state index in [9.17, 15) is 4.79 Å². The lowest BCUT2D eigenvalue weighted by molar-refractivity contribution is -0.131. The van der Waals surface area contributed by atoms with Crippen molar-refractivity contribution in [2.45, 2.75) is 21.0 Å². The van der Waals surface area contributed by atoms with Gasteiger partial charge in [-0.2, -0.15) is 0 Å². The van der Waals surface area contributed by atoms with Crippen molar-refractivity contribution in [3.8, 4) is 5.75 Å². The summed E-state index contributed by atoms with van der Waals surface area (Å²) in [5, 5.41) is 0. The van der Waals surface area contributed by atoms with Gasteiger partial charge in [0.2, 0.25) is 0 Å². The maximum atomic E-state index is 11.5. The average Bonchev–Trinajstić information content (AvgIpc) is 2.64. The van der Waals surface area contributed by atoms with Crippen LogP contribution in [0.2, 0.25) is 6.32 Å². The number of carbonyl (C=O) groups is 1. The van der Waals surface area contributed by atoms with Gasteiger partial charge in [-0.3, -0.25) is 4.79 Å². The van der Waals surface area contributed by atoms with E-state index in [0.29, 0.717) is 5.75 Å². The largest absolute Gasteiger partial charge is 0.427 e. The Balaban J connectivity index is 2.03. The molecule has 0 fully saturated rings. The van der Waals surface area contributed by atoms with E-state index < -0.39 is 5.97 Å². The Labute approximate surface area is 146 Å². The molecule has 0 unspecified atom stereocenters. The van der Waals surface area contributed by atoms with E-state index in [-0.39, 0.29) is 17.2 Å². The number of rotatable bonds is 5. The minimum atomic E-state index is -0.438. The normalized spacial score (nSPS) is 10.5. The molecule has 0 saturated carbocycles. The summed E-state index contributed by atoms with van der Waals surface area (Å²) in [5.74, 6) is 0.0822. The summed E-state index contributed by atoms with van der Waals surface area (Å²) < 4.78 is 5.27. The maximum Gasteiger partial charge on any atom is 0.302 e. The SMILES string of the molecule is [B]CC(=O)Oc1cccc([S+](c2ccccc2)c2ccccc2)c1. The van der Waals surface area contributed by atoms with Crippen LogP contribution in [-0.2, 0) is 15.7 Å². The lowest BCUT2D eigenvalue weighted by Crippen LogP contribution is -2.08. The maximum absolute atomic E-state index is 11.5. The smallest absolute Gasteiger partial charge is 0.302 e. The van der Waals surface area contributed by atoms with Gasteiger partial charge in [0.05, 0.1) is 18.7 Å². The van der Waals surface area contributed by atoms with E-state index in [1.165, 1.54) is 9.79 Å². The second-order valence-electron chi connectivity index (χ2n) is 5.09. The van der Waals surface area contributed by atoms with Crippen LogP contribution in [0.4, 0.5) is 0 Å². The van der Waals surface area contributed by atoms with Crippen LogP contribution in [0.1, 0.15) is 0 Å². The Morgan fingerprint density at radius 1 is 0.792 bits per heavy atom. The topological polar surface area (TPSA) is 26.3 Å². The molecule has 0 spiro atoms. The molecule has 0 bridgehead atoms. The zero-order valence-corrected chi connectivity index (χ0v) is 13.9. The second kappa shape index (κ2) is 7.89. The summed E-state index contributed by atoms with van der Waals surface area (Å²) in [4.78, 5) is 15.0. The van der Waals surface area contributed by atoms with Crippen LogP contribution in [0.3, 0.4) is 0 Å². The van der Waals surface area contributed by atoms with Crippen molar-refractivity contribution in [2.75, 3.05) is 0 Å². The molecule has 3 aromatic rings. The molecule has 24 heavy (non-hydrogen) atoms. The quantitative estimate of drug-likeness (QED) is 0.302. The van der Waals surface area contributed by atoms with Gasteiger partial charge < -0.3 is 4.74 Å². The number of hydrogen-bond donors (Lipinski definition) is 0. The van der Waals surface area contributed by atoms with Gasteiger partial charge in [-0.25, -0.2) is 0 Å². The standard InChI is InChI=1S/C20H16BO2S/c21-15-20(22)23-16-8-7-13-19(14-16)24(17-9-3-1-4-10-17)18-11-5-2-6-12-18/h1-14H,15H2/q+1. The molecule has 0 atom stereocenters. The van der Waals surface area contributed by atoms with Crippen LogP contribution < -0.4 is 4.74 Å². The lowest BCUT2D eigenvalue weighted by Gasteiger charge is -2.09. The highest BCUT2D eigenvalue weighted by molar-refractivity contribution is 7.97. The highest BCUT2D eigenvalue weighted by atomic mass is 32.2. The zero-order chi connectivity index (χ0) is 16.8.